The van der Waals surface area contributed by atoms with Crippen LogP contribution < -0.4 is 10.9 Å². The van der Waals surface area contributed by atoms with Gasteiger partial charge in [0.25, 0.3) is 11.5 Å². The molecule has 1 aliphatic carbocycles. The first-order valence-electron chi connectivity index (χ1n) is 6.46. The number of anilines is 1. The Bertz CT molecular complexity index is 737. The van der Waals surface area contributed by atoms with Gasteiger partial charge in [-0.1, -0.05) is 12.1 Å². The number of hydrogen-bond donors (Lipinski definition) is 2. The highest BCUT2D eigenvalue weighted by Gasteiger charge is 2.18. The predicted molar refractivity (Wildman–Crippen MR) is 81.2 cm³/mol. The quantitative estimate of drug-likeness (QED) is 0.888. The van der Waals surface area contributed by atoms with Crippen LogP contribution in [0.5, 0.6) is 0 Å². The van der Waals surface area contributed by atoms with Crippen molar-refractivity contribution in [2.45, 2.75) is 19.3 Å². The third-order valence-electron chi connectivity index (χ3n) is 3.45. The number of halogens is 1. The number of aromatic amines is 1. The van der Waals surface area contributed by atoms with E-state index in [0.717, 1.165) is 35.0 Å². The van der Waals surface area contributed by atoms with Crippen molar-refractivity contribution in [3.05, 3.63) is 62.0 Å². The molecule has 4 nitrogen and oxygen atoms in total. The number of H-pyrrole nitrogens is 1. The van der Waals surface area contributed by atoms with Crippen molar-refractivity contribution < 1.29 is 4.79 Å². The third-order valence-corrected chi connectivity index (χ3v) is 4.15. The molecule has 0 aliphatic heterocycles. The number of carbonyl (C=O) groups is 1. The van der Waals surface area contributed by atoms with E-state index in [2.05, 4.69) is 26.2 Å². The summed E-state index contributed by atoms with van der Waals surface area (Å²) in [7, 11) is 0. The lowest BCUT2D eigenvalue weighted by molar-refractivity contribution is 0.102. The molecule has 1 aliphatic rings. The second-order valence-corrected chi connectivity index (χ2v) is 5.66. The zero-order valence-corrected chi connectivity index (χ0v) is 12.3. The molecule has 102 valence electrons. The minimum atomic E-state index is -0.382. The molecule has 5 heteroatoms. The number of aromatic nitrogens is 1. The lowest BCUT2D eigenvalue weighted by Crippen LogP contribution is -2.24. The molecule has 1 aromatic carbocycles. The largest absolute Gasteiger partial charge is 0.325 e. The Kier molecular flexibility index (Phi) is 3.44. The molecule has 20 heavy (non-hydrogen) atoms. The molecule has 0 fully saturated rings. The van der Waals surface area contributed by atoms with Crippen LogP contribution in [0, 0.1) is 0 Å². The van der Waals surface area contributed by atoms with Crippen molar-refractivity contribution in [2.75, 3.05) is 5.32 Å². The lowest BCUT2D eigenvalue weighted by atomic mass is 10.1. The van der Waals surface area contributed by atoms with E-state index in [1.807, 2.05) is 18.2 Å². The van der Waals surface area contributed by atoms with Gasteiger partial charge in [0.2, 0.25) is 0 Å². The number of carbonyl (C=O) groups excluding carboxylic acids is 1. The van der Waals surface area contributed by atoms with Crippen molar-refractivity contribution in [1.29, 1.82) is 0 Å². The van der Waals surface area contributed by atoms with E-state index < -0.39 is 0 Å². The summed E-state index contributed by atoms with van der Waals surface area (Å²) in [5.41, 5.74) is 2.53. The zero-order chi connectivity index (χ0) is 14.1. The van der Waals surface area contributed by atoms with Gasteiger partial charge in [-0.05, 0) is 59.0 Å². The average Bonchev–Trinajstić information content (AvgIpc) is 2.87. The predicted octanol–water partition coefficient (Wildman–Crippen LogP) is 2.88. The topological polar surface area (TPSA) is 62.0 Å². The number of pyridine rings is 1. The smallest absolute Gasteiger partial charge is 0.261 e. The van der Waals surface area contributed by atoms with Crippen molar-refractivity contribution in [2.24, 2.45) is 0 Å². The van der Waals surface area contributed by atoms with Crippen LogP contribution in [-0.2, 0) is 12.8 Å². The van der Waals surface area contributed by atoms with Crippen LogP contribution >= 0.6 is 15.9 Å². The fourth-order valence-electron chi connectivity index (χ4n) is 2.43. The maximum Gasteiger partial charge on any atom is 0.261 e. The second-order valence-electron chi connectivity index (χ2n) is 4.80. The molecule has 3 rings (SSSR count). The van der Waals surface area contributed by atoms with Crippen LogP contribution in [0.1, 0.15) is 28.0 Å². The van der Waals surface area contributed by atoms with E-state index >= 15 is 0 Å². The number of nitrogens with one attached hydrogen (secondary N) is 2. The van der Waals surface area contributed by atoms with Gasteiger partial charge in [-0.2, -0.15) is 0 Å². The van der Waals surface area contributed by atoms with Crippen molar-refractivity contribution >= 4 is 27.5 Å². The summed E-state index contributed by atoms with van der Waals surface area (Å²) in [5.74, 6) is -0.382. The highest BCUT2D eigenvalue weighted by atomic mass is 79.9. The maximum absolute atomic E-state index is 12.2. The normalized spacial score (nSPS) is 13.1. The number of para-hydroxylation sites is 1. The number of hydrogen-bond acceptors (Lipinski definition) is 2. The molecule has 1 amide bonds. The van der Waals surface area contributed by atoms with Gasteiger partial charge in [0.1, 0.15) is 5.56 Å². The van der Waals surface area contributed by atoms with Gasteiger partial charge >= 0.3 is 0 Å². The van der Waals surface area contributed by atoms with Gasteiger partial charge in [0, 0.05) is 10.2 Å². The fourth-order valence-corrected chi connectivity index (χ4v) is 2.82. The number of benzene rings is 1. The van der Waals surface area contributed by atoms with E-state index in [0.29, 0.717) is 5.69 Å². The van der Waals surface area contributed by atoms with E-state index in [-0.39, 0.29) is 17.0 Å². The molecule has 0 bridgehead atoms. The molecular weight excluding hydrogens is 320 g/mol. The Labute approximate surface area is 124 Å². The van der Waals surface area contributed by atoms with Crippen LogP contribution in [0.4, 0.5) is 5.69 Å². The summed E-state index contributed by atoms with van der Waals surface area (Å²) in [6, 6.07) is 9.02. The molecule has 0 radical (unpaired) electrons. The number of aryl methyl sites for hydroxylation is 2. The average molecular weight is 333 g/mol. The van der Waals surface area contributed by atoms with Gasteiger partial charge in [0.15, 0.2) is 0 Å². The van der Waals surface area contributed by atoms with E-state index in [4.69, 9.17) is 0 Å². The van der Waals surface area contributed by atoms with E-state index in [9.17, 15) is 9.59 Å². The van der Waals surface area contributed by atoms with Crippen LogP contribution in [0.25, 0.3) is 0 Å². The monoisotopic (exact) mass is 332 g/mol. The summed E-state index contributed by atoms with van der Waals surface area (Å²) >= 11 is 3.36. The van der Waals surface area contributed by atoms with Gasteiger partial charge in [0.05, 0.1) is 5.69 Å². The van der Waals surface area contributed by atoms with Crippen LogP contribution in [0.3, 0.4) is 0 Å². The van der Waals surface area contributed by atoms with Gasteiger partial charge in [-0.15, -0.1) is 0 Å². The molecule has 2 N–H and O–H groups in total. The van der Waals surface area contributed by atoms with Crippen LogP contribution in [-0.4, -0.2) is 10.9 Å². The molecule has 1 heterocycles. The summed E-state index contributed by atoms with van der Waals surface area (Å²) in [6.07, 6.45) is 2.83. The first-order chi connectivity index (χ1) is 9.65. The number of rotatable bonds is 2. The standard InChI is InChI=1S/C15H13BrN2O2/c16-11-5-1-2-6-13(11)18-15(20)10-8-9-4-3-7-12(9)17-14(10)19/h1-2,5-6,8H,3-4,7H2,(H,17,19)(H,18,20). The molecule has 0 saturated carbocycles. The maximum atomic E-state index is 12.2. The van der Waals surface area contributed by atoms with E-state index in [1.54, 1.807) is 12.1 Å². The molecule has 0 spiro atoms. The highest BCUT2D eigenvalue weighted by molar-refractivity contribution is 9.10. The Morgan fingerprint density at radius 1 is 1.25 bits per heavy atom. The van der Waals surface area contributed by atoms with Crippen LogP contribution in [0.15, 0.2) is 39.6 Å². The van der Waals surface area contributed by atoms with Gasteiger partial charge in [-0.3, -0.25) is 9.59 Å². The SMILES string of the molecule is O=C(Nc1ccccc1Br)c1cc2c([nH]c1=O)CCC2. The van der Waals surface area contributed by atoms with Gasteiger partial charge < -0.3 is 10.3 Å². The summed E-state index contributed by atoms with van der Waals surface area (Å²) in [5, 5.41) is 2.75. The van der Waals surface area contributed by atoms with Crippen LogP contribution in [0.2, 0.25) is 0 Å². The Balaban J connectivity index is 1.92. The fraction of sp³-hybridized carbons (Fsp3) is 0.200. The molecule has 0 unspecified atom stereocenters. The third kappa shape index (κ3) is 2.41. The first kappa shape index (κ1) is 13.1. The van der Waals surface area contributed by atoms with Crippen molar-refractivity contribution in [3.8, 4) is 0 Å². The Morgan fingerprint density at radius 3 is 2.85 bits per heavy atom. The summed E-state index contributed by atoms with van der Waals surface area (Å²) in [6.45, 7) is 0. The first-order valence-corrected chi connectivity index (χ1v) is 7.25. The Morgan fingerprint density at radius 2 is 2.05 bits per heavy atom. The number of fused-ring (bicyclic) bond motifs is 1. The van der Waals surface area contributed by atoms with Crippen molar-refractivity contribution in [3.63, 3.8) is 0 Å². The highest BCUT2D eigenvalue weighted by Crippen LogP contribution is 2.22. The zero-order valence-electron chi connectivity index (χ0n) is 10.7. The molecule has 0 saturated heterocycles. The van der Waals surface area contributed by atoms with E-state index in [1.165, 1.54) is 0 Å². The second kappa shape index (κ2) is 5.25. The number of amides is 1. The molecular formula is C15H13BrN2O2. The van der Waals surface area contributed by atoms with Gasteiger partial charge in [-0.25, -0.2) is 0 Å². The summed E-state index contributed by atoms with van der Waals surface area (Å²) < 4.78 is 0.783. The molecule has 0 atom stereocenters. The minimum absolute atomic E-state index is 0.168. The molecule has 2 aromatic rings. The Hall–Kier alpha value is -1.88. The van der Waals surface area contributed by atoms with Crippen molar-refractivity contribution in [1.82, 2.24) is 4.98 Å². The summed E-state index contributed by atoms with van der Waals surface area (Å²) in [4.78, 5) is 27.0. The lowest BCUT2D eigenvalue weighted by Gasteiger charge is -2.08. The molecule has 1 aromatic heterocycles. The minimum Gasteiger partial charge on any atom is -0.325 e.